The number of aryl methyl sites for hydroxylation is 1. The van der Waals surface area contributed by atoms with Gasteiger partial charge in [0.1, 0.15) is 17.4 Å². The smallest absolute Gasteiger partial charge is 0.339 e. The topological polar surface area (TPSA) is 106 Å². The molecular weight excluding hydrogens is 386 g/mol. The van der Waals surface area contributed by atoms with Gasteiger partial charge in [0.15, 0.2) is 6.61 Å². The zero-order valence-electron chi connectivity index (χ0n) is 16.2. The Morgan fingerprint density at radius 2 is 1.87 bits per heavy atom. The van der Waals surface area contributed by atoms with E-state index in [9.17, 15) is 19.5 Å². The number of nitrogens with one attached hydrogen (secondary N) is 1. The first-order valence-electron chi connectivity index (χ1n) is 9.79. The first-order valence-corrected chi connectivity index (χ1v) is 9.79. The highest BCUT2D eigenvalue weighted by atomic mass is 16.5. The normalized spacial score (nSPS) is 13.6. The van der Waals surface area contributed by atoms with Gasteiger partial charge in [-0.3, -0.25) is 4.79 Å². The van der Waals surface area contributed by atoms with Crippen LogP contribution in [-0.2, 0) is 28.9 Å². The fraction of sp³-hybridized carbons (Fsp3) is 0.261. The number of carbonyl (C=O) groups excluding carboxylic acids is 1. The minimum Gasteiger partial charge on any atom is -0.484 e. The second kappa shape index (κ2) is 8.41. The van der Waals surface area contributed by atoms with Gasteiger partial charge in [0, 0.05) is 23.4 Å². The van der Waals surface area contributed by atoms with Crippen LogP contribution in [0, 0.1) is 0 Å². The van der Waals surface area contributed by atoms with Crippen molar-refractivity contribution in [1.82, 2.24) is 5.32 Å². The Morgan fingerprint density at radius 1 is 1.10 bits per heavy atom. The molecule has 0 radical (unpaired) electrons. The van der Waals surface area contributed by atoms with Crippen LogP contribution in [0.1, 0.15) is 23.1 Å². The van der Waals surface area contributed by atoms with Crippen LogP contribution in [-0.4, -0.2) is 29.6 Å². The average molecular weight is 407 g/mol. The predicted octanol–water partition coefficient (Wildman–Crippen LogP) is 2.47. The highest BCUT2D eigenvalue weighted by Crippen LogP contribution is 2.29. The van der Waals surface area contributed by atoms with Crippen LogP contribution in [0.2, 0.25) is 0 Å². The van der Waals surface area contributed by atoms with E-state index in [-0.39, 0.29) is 18.7 Å². The zero-order valence-corrected chi connectivity index (χ0v) is 16.2. The summed E-state index contributed by atoms with van der Waals surface area (Å²) in [5.41, 5.74) is 2.67. The third-order valence-corrected chi connectivity index (χ3v) is 5.23. The van der Waals surface area contributed by atoms with Crippen molar-refractivity contribution in [3.63, 3.8) is 0 Å². The number of carboxylic acids is 1. The van der Waals surface area contributed by atoms with Crippen molar-refractivity contribution in [1.29, 1.82) is 0 Å². The molecule has 1 aliphatic rings. The Labute approximate surface area is 172 Å². The van der Waals surface area contributed by atoms with Gasteiger partial charge in [0.2, 0.25) is 0 Å². The first kappa shape index (κ1) is 19.7. The van der Waals surface area contributed by atoms with Crippen molar-refractivity contribution in [2.45, 2.75) is 31.7 Å². The van der Waals surface area contributed by atoms with E-state index in [1.165, 1.54) is 0 Å². The molecule has 30 heavy (non-hydrogen) atoms. The minimum atomic E-state index is -1.12. The summed E-state index contributed by atoms with van der Waals surface area (Å²) >= 11 is 0. The fourth-order valence-electron chi connectivity index (χ4n) is 3.79. The van der Waals surface area contributed by atoms with Gasteiger partial charge in [-0.25, -0.2) is 9.59 Å². The summed E-state index contributed by atoms with van der Waals surface area (Å²) in [5, 5.41) is 12.8. The molecular formula is C23H21NO6. The summed E-state index contributed by atoms with van der Waals surface area (Å²) in [5.74, 6) is -1.30. The molecule has 154 valence electrons. The van der Waals surface area contributed by atoms with Crippen LogP contribution in [0.4, 0.5) is 0 Å². The molecule has 7 nitrogen and oxygen atoms in total. The maximum Gasteiger partial charge on any atom is 0.339 e. The lowest BCUT2D eigenvalue weighted by Gasteiger charge is -2.15. The highest BCUT2D eigenvalue weighted by molar-refractivity contribution is 5.85. The molecule has 4 rings (SSSR count). The monoisotopic (exact) mass is 407 g/mol. The zero-order chi connectivity index (χ0) is 21.1. The maximum absolute atomic E-state index is 12.2. The Balaban J connectivity index is 1.41. The third kappa shape index (κ3) is 4.20. The molecule has 0 fully saturated rings. The van der Waals surface area contributed by atoms with Crippen LogP contribution in [0.15, 0.2) is 57.7 Å². The van der Waals surface area contributed by atoms with Gasteiger partial charge in [-0.15, -0.1) is 0 Å². The lowest BCUT2D eigenvalue weighted by atomic mass is 10.1. The molecule has 0 saturated carbocycles. The number of aliphatic carboxylic acids is 1. The maximum atomic E-state index is 12.2. The van der Waals surface area contributed by atoms with Crippen LogP contribution in [0.25, 0.3) is 11.0 Å². The van der Waals surface area contributed by atoms with Gasteiger partial charge in [-0.1, -0.05) is 30.3 Å². The third-order valence-electron chi connectivity index (χ3n) is 5.23. The molecule has 2 aromatic carbocycles. The van der Waals surface area contributed by atoms with Crippen molar-refractivity contribution in [3.05, 3.63) is 75.6 Å². The molecule has 7 heteroatoms. The Hall–Kier alpha value is -3.61. The van der Waals surface area contributed by atoms with E-state index in [0.29, 0.717) is 11.3 Å². The van der Waals surface area contributed by atoms with Crippen molar-refractivity contribution in [2.75, 3.05) is 6.61 Å². The van der Waals surface area contributed by atoms with E-state index >= 15 is 0 Å². The van der Waals surface area contributed by atoms with Crippen LogP contribution in [0.5, 0.6) is 5.75 Å². The molecule has 0 unspecified atom stereocenters. The van der Waals surface area contributed by atoms with E-state index in [1.54, 1.807) is 24.3 Å². The number of carbonyl (C=O) groups is 2. The molecule has 3 aromatic rings. The van der Waals surface area contributed by atoms with Crippen LogP contribution >= 0.6 is 0 Å². The van der Waals surface area contributed by atoms with Crippen LogP contribution < -0.4 is 15.7 Å². The van der Waals surface area contributed by atoms with Crippen LogP contribution in [0.3, 0.4) is 0 Å². The van der Waals surface area contributed by atoms with E-state index in [1.807, 2.05) is 24.3 Å². The molecule has 0 bridgehead atoms. The van der Waals surface area contributed by atoms with Crippen molar-refractivity contribution >= 4 is 22.8 Å². The Kier molecular flexibility index (Phi) is 5.52. The van der Waals surface area contributed by atoms with Crippen molar-refractivity contribution < 1.29 is 23.8 Å². The van der Waals surface area contributed by atoms with Gasteiger partial charge in [-0.05, 0) is 42.5 Å². The molecule has 0 aliphatic heterocycles. The fourth-order valence-corrected chi connectivity index (χ4v) is 3.79. The second-order valence-electron chi connectivity index (χ2n) is 7.29. The van der Waals surface area contributed by atoms with Gasteiger partial charge in [-0.2, -0.15) is 0 Å². The van der Waals surface area contributed by atoms with E-state index in [2.05, 4.69) is 5.32 Å². The standard InChI is InChI=1S/C23H21NO6/c25-21(24-19(22(26)27)11-14-5-2-1-3-6-14)13-29-15-9-10-17-16-7-4-8-18(16)23(28)30-20(17)12-15/h1-3,5-6,9-10,12,19H,4,7-8,11,13H2,(H,24,25)(H,26,27)/t19-/m0/s1. The van der Waals surface area contributed by atoms with E-state index in [4.69, 9.17) is 9.15 Å². The lowest BCUT2D eigenvalue weighted by molar-refractivity contribution is -0.142. The molecule has 1 aliphatic carbocycles. The van der Waals surface area contributed by atoms with Gasteiger partial charge in [0.25, 0.3) is 5.91 Å². The Morgan fingerprint density at radius 3 is 2.63 bits per heavy atom. The molecule has 1 amide bonds. The number of carboxylic acid groups (broad SMARTS) is 1. The summed E-state index contributed by atoms with van der Waals surface area (Å²) in [7, 11) is 0. The highest BCUT2D eigenvalue weighted by Gasteiger charge is 2.22. The number of benzene rings is 2. The van der Waals surface area contributed by atoms with E-state index < -0.39 is 17.9 Å². The van der Waals surface area contributed by atoms with Crippen molar-refractivity contribution in [2.24, 2.45) is 0 Å². The molecule has 1 heterocycles. The molecule has 0 spiro atoms. The molecule has 1 atom stereocenters. The number of hydrogen-bond acceptors (Lipinski definition) is 5. The minimum absolute atomic E-state index is 0.175. The van der Waals surface area contributed by atoms with Gasteiger partial charge < -0.3 is 19.6 Å². The molecule has 1 aromatic heterocycles. The number of ether oxygens (including phenoxy) is 1. The van der Waals surface area contributed by atoms with Gasteiger partial charge in [0.05, 0.1) is 0 Å². The second-order valence-corrected chi connectivity index (χ2v) is 7.29. The SMILES string of the molecule is O=C(COc1ccc2c3c(c(=O)oc2c1)CCC3)N[C@@H](Cc1ccccc1)C(=O)O. The first-order chi connectivity index (χ1) is 14.5. The number of hydrogen-bond donors (Lipinski definition) is 2. The number of rotatable bonds is 7. The molecule has 2 N–H and O–H groups in total. The summed E-state index contributed by atoms with van der Waals surface area (Å²) in [6.07, 6.45) is 2.69. The summed E-state index contributed by atoms with van der Waals surface area (Å²) in [4.78, 5) is 35.8. The van der Waals surface area contributed by atoms with Gasteiger partial charge >= 0.3 is 11.6 Å². The van der Waals surface area contributed by atoms with E-state index in [0.717, 1.165) is 41.3 Å². The lowest BCUT2D eigenvalue weighted by Crippen LogP contribution is -2.44. The quantitative estimate of drug-likeness (QED) is 0.583. The number of amides is 1. The number of fused-ring (bicyclic) bond motifs is 3. The largest absolute Gasteiger partial charge is 0.484 e. The molecule has 0 saturated heterocycles. The average Bonchev–Trinajstić information content (AvgIpc) is 3.23. The summed E-state index contributed by atoms with van der Waals surface area (Å²) in [6, 6.07) is 13.1. The predicted molar refractivity (Wildman–Crippen MR) is 110 cm³/mol. The summed E-state index contributed by atoms with van der Waals surface area (Å²) < 4.78 is 10.9. The summed E-state index contributed by atoms with van der Waals surface area (Å²) in [6.45, 7) is -0.348. The van der Waals surface area contributed by atoms with Crippen molar-refractivity contribution in [3.8, 4) is 5.75 Å². The Bertz CT molecular complexity index is 1150.